The van der Waals surface area contributed by atoms with E-state index < -0.39 is 23.9 Å². The highest BCUT2D eigenvalue weighted by Gasteiger charge is 2.38. The van der Waals surface area contributed by atoms with E-state index in [2.05, 4.69) is 10.6 Å². The summed E-state index contributed by atoms with van der Waals surface area (Å²) in [5.41, 5.74) is 0.977. The summed E-state index contributed by atoms with van der Waals surface area (Å²) in [6.07, 6.45) is -9.44. The molecule has 0 bridgehead atoms. The monoisotopic (exact) mass is 496 g/mol. The third-order valence-electron chi connectivity index (χ3n) is 4.84. The second-order valence-corrected chi connectivity index (χ2v) is 7.57. The number of hydrogen-bond donors (Lipinski definition) is 3. The van der Waals surface area contributed by atoms with Gasteiger partial charge in [0.25, 0.3) is 0 Å². The van der Waals surface area contributed by atoms with Gasteiger partial charge >= 0.3 is 18.3 Å². The SMILES string of the molecule is O=C(NCc1ccc(Cl)cc1)C1CNCC1c1ccc(C(F)(F)F)cc1.O=C(O)C(F)(F)F. The van der Waals surface area contributed by atoms with Gasteiger partial charge in [-0.1, -0.05) is 35.9 Å². The number of carbonyl (C=O) groups is 2. The molecule has 180 valence electrons. The lowest BCUT2D eigenvalue weighted by atomic mass is 9.88. The van der Waals surface area contributed by atoms with Gasteiger partial charge < -0.3 is 15.7 Å². The summed E-state index contributed by atoms with van der Waals surface area (Å²) in [7, 11) is 0. The fourth-order valence-corrected chi connectivity index (χ4v) is 3.27. The van der Waals surface area contributed by atoms with E-state index in [-0.39, 0.29) is 17.7 Å². The van der Waals surface area contributed by atoms with Crippen LogP contribution in [0, 0.1) is 5.92 Å². The molecular weight excluding hydrogens is 478 g/mol. The number of amides is 1. The van der Waals surface area contributed by atoms with Crippen molar-refractivity contribution < 1.29 is 41.0 Å². The maximum Gasteiger partial charge on any atom is 0.490 e. The molecule has 0 saturated carbocycles. The zero-order valence-electron chi connectivity index (χ0n) is 16.8. The van der Waals surface area contributed by atoms with Crippen LogP contribution in [0.5, 0.6) is 0 Å². The van der Waals surface area contributed by atoms with Gasteiger partial charge in [0, 0.05) is 30.6 Å². The highest BCUT2D eigenvalue weighted by molar-refractivity contribution is 6.30. The maximum atomic E-state index is 12.7. The van der Waals surface area contributed by atoms with Crippen LogP contribution in [0.3, 0.4) is 0 Å². The lowest BCUT2D eigenvalue weighted by Crippen LogP contribution is -2.34. The van der Waals surface area contributed by atoms with Crippen molar-refractivity contribution in [1.29, 1.82) is 0 Å². The molecule has 2 aromatic carbocycles. The summed E-state index contributed by atoms with van der Waals surface area (Å²) in [5, 5.41) is 13.8. The van der Waals surface area contributed by atoms with E-state index in [0.717, 1.165) is 23.3 Å². The largest absolute Gasteiger partial charge is 0.490 e. The minimum atomic E-state index is -5.08. The van der Waals surface area contributed by atoms with Gasteiger partial charge in [-0.15, -0.1) is 0 Å². The molecule has 1 saturated heterocycles. The van der Waals surface area contributed by atoms with Gasteiger partial charge in [0.2, 0.25) is 5.91 Å². The maximum absolute atomic E-state index is 12.7. The molecular formula is C21H19ClF6N2O3. The normalized spacial score (nSPS) is 18.3. The molecule has 0 aromatic heterocycles. The van der Waals surface area contributed by atoms with Gasteiger partial charge in [0.1, 0.15) is 0 Å². The number of carboxylic acid groups (broad SMARTS) is 1. The van der Waals surface area contributed by atoms with Crippen molar-refractivity contribution in [2.75, 3.05) is 13.1 Å². The Hall–Kier alpha value is -2.79. The Bertz CT molecular complexity index is 946. The standard InChI is InChI=1S/C19H18ClF3N2O.C2HF3O2/c20-15-7-1-12(2-8-15)9-25-18(26)17-11-24-10-16(17)13-3-5-14(6-4-13)19(21,22)23;3-2(4,5)1(6)7/h1-8,16-17,24H,9-11H2,(H,25,26);(H,6,7). The molecule has 3 rings (SSSR count). The van der Waals surface area contributed by atoms with Crippen molar-refractivity contribution in [3.63, 3.8) is 0 Å². The number of benzene rings is 2. The first-order chi connectivity index (χ1) is 15.3. The number of carboxylic acids is 1. The van der Waals surface area contributed by atoms with Gasteiger partial charge in [-0.05, 0) is 35.4 Å². The van der Waals surface area contributed by atoms with Crippen LogP contribution in [0.15, 0.2) is 48.5 Å². The highest BCUT2D eigenvalue weighted by Crippen LogP contribution is 2.33. The van der Waals surface area contributed by atoms with Gasteiger partial charge in [-0.3, -0.25) is 4.79 Å². The number of alkyl halides is 6. The van der Waals surface area contributed by atoms with Crippen molar-refractivity contribution in [2.45, 2.75) is 24.8 Å². The third-order valence-corrected chi connectivity index (χ3v) is 5.09. The average Bonchev–Trinajstić information content (AvgIpc) is 3.22. The van der Waals surface area contributed by atoms with Crippen LogP contribution in [-0.4, -0.2) is 36.2 Å². The molecule has 12 heteroatoms. The van der Waals surface area contributed by atoms with Crippen LogP contribution >= 0.6 is 11.6 Å². The fraction of sp³-hybridized carbons (Fsp3) is 0.333. The Morgan fingerprint density at radius 3 is 2.00 bits per heavy atom. The second kappa shape index (κ2) is 10.9. The van der Waals surface area contributed by atoms with E-state index in [4.69, 9.17) is 21.5 Å². The van der Waals surface area contributed by atoms with Crippen LogP contribution in [-0.2, 0) is 22.3 Å². The van der Waals surface area contributed by atoms with E-state index in [0.29, 0.717) is 24.7 Å². The van der Waals surface area contributed by atoms with E-state index in [9.17, 15) is 31.1 Å². The molecule has 3 N–H and O–H groups in total. The molecule has 0 spiro atoms. The summed E-state index contributed by atoms with van der Waals surface area (Å²) in [6, 6.07) is 12.2. The predicted molar refractivity (Wildman–Crippen MR) is 108 cm³/mol. The molecule has 5 nitrogen and oxygen atoms in total. The Labute approximate surface area is 189 Å². The molecule has 1 heterocycles. The number of nitrogens with one attached hydrogen (secondary N) is 2. The van der Waals surface area contributed by atoms with Crippen molar-refractivity contribution in [1.82, 2.24) is 10.6 Å². The zero-order valence-corrected chi connectivity index (χ0v) is 17.6. The van der Waals surface area contributed by atoms with Crippen molar-refractivity contribution in [2.24, 2.45) is 5.92 Å². The lowest BCUT2D eigenvalue weighted by molar-refractivity contribution is -0.192. The smallest absolute Gasteiger partial charge is 0.475 e. The summed E-state index contributed by atoms with van der Waals surface area (Å²) in [4.78, 5) is 21.4. The Kier molecular flexibility index (Phi) is 8.73. The molecule has 1 aliphatic rings. The Balaban J connectivity index is 0.000000479. The second-order valence-electron chi connectivity index (χ2n) is 7.14. The minimum absolute atomic E-state index is 0.116. The first kappa shape index (κ1) is 26.5. The minimum Gasteiger partial charge on any atom is -0.475 e. The number of aliphatic carboxylic acids is 1. The molecule has 1 fully saturated rings. The van der Waals surface area contributed by atoms with Gasteiger partial charge in [0.15, 0.2) is 0 Å². The molecule has 2 atom stereocenters. The summed E-state index contributed by atoms with van der Waals surface area (Å²) in [5.74, 6) is -3.34. The zero-order chi connectivity index (χ0) is 24.8. The molecule has 33 heavy (non-hydrogen) atoms. The van der Waals surface area contributed by atoms with Crippen LogP contribution in [0.2, 0.25) is 5.02 Å². The average molecular weight is 497 g/mol. The summed E-state index contributed by atoms with van der Waals surface area (Å²) in [6.45, 7) is 1.44. The van der Waals surface area contributed by atoms with Crippen LogP contribution in [0.4, 0.5) is 26.3 Å². The van der Waals surface area contributed by atoms with Gasteiger partial charge in [-0.25, -0.2) is 4.79 Å². The first-order valence-electron chi connectivity index (χ1n) is 9.49. The topological polar surface area (TPSA) is 78.4 Å². The quantitative estimate of drug-likeness (QED) is 0.540. The van der Waals surface area contributed by atoms with Gasteiger partial charge in [0.05, 0.1) is 11.5 Å². The molecule has 0 aliphatic carbocycles. The first-order valence-corrected chi connectivity index (χ1v) is 9.87. The summed E-state index contributed by atoms with van der Waals surface area (Å²) >= 11 is 5.84. The predicted octanol–water partition coefficient (Wildman–Crippen LogP) is 4.61. The van der Waals surface area contributed by atoms with E-state index >= 15 is 0 Å². The molecule has 1 aliphatic heterocycles. The van der Waals surface area contributed by atoms with Crippen molar-refractivity contribution >= 4 is 23.5 Å². The van der Waals surface area contributed by atoms with E-state index in [1.54, 1.807) is 12.1 Å². The molecule has 2 unspecified atom stereocenters. The number of rotatable bonds is 4. The Morgan fingerprint density at radius 1 is 0.970 bits per heavy atom. The van der Waals surface area contributed by atoms with Crippen molar-refractivity contribution in [3.8, 4) is 0 Å². The lowest BCUT2D eigenvalue weighted by Gasteiger charge is -2.19. The molecule has 1 amide bonds. The van der Waals surface area contributed by atoms with Crippen LogP contribution in [0.25, 0.3) is 0 Å². The Morgan fingerprint density at radius 2 is 1.52 bits per heavy atom. The highest BCUT2D eigenvalue weighted by atomic mass is 35.5. The molecule has 2 aromatic rings. The third kappa shape index (κ3) is 7.93. The number of halogens is 7. The molecule has 0 radical (unpaired) electrons. The number of carbonyl (C=O) groups excluding carboxylic acids is 1. The van der Waals surface area contributed by atoms with Gasteiger partial charge in [-0.2, -0.15) is 26.3 Å². The number of hydrogen-bond acceptors (Lipinski definition) is 3. The van der Waals surface area contributed by atoms with E-state index in [1.807, 2.05) is 12.1 Å². The fourth-order valence-electron chi connectivity index (χ4n) is 3.15. The van der Waals surface area contributed by atoms with Crippen molar-refractivity contribution in [3.05, 3.63) is 70.2 Å². The van der Waals surface area contributed by atoms with Crippen LogP contribution in [0.1, 0.15) is 22.6 Å². The summed E-state index contributed by atoms with van der Waals surface area (Å²) < 4.78 is 69.8. The van der Waals surface area contributed by atoms with Crippen LogP contribution < -0.4 is 10.6 Å². The van der Waals surface area contributed by atoms with E-state index in [1.165, 1.54) is 12.1 Å².